The number of nitrogens with zero attached hydrogens (tertiary/aromatic N) is 2. The lowest BCUT2D eigenvalue weighted by Gasteiger charge is -2.33. The van der Waals surface area contributed by atoms with E-state index in [-0.39, 0.29) is 0 Å². The van der Waals surface area contributed by atoms with Crippen molar-refractivity contribution < 1.29 is 4.52 Å². The first kappa shape index (κ1) is 21.0. The summed E-state index contributed by atoms with van der Waals surface area (Å²) in [7, 11) is 1.99. The Balaban J connectivity index is 1.23. The van der Waals surface area contributed by atoms with Gasteiger partial charge in [0.2, 0.25) is 0 Å². The van der Waals surface area contributed by atoms with E-state index in [1.165, 1.54) is 71.9 Å². The van der Waals surface area contributed by atoms with Crippen LogP contribution in [0, 0.1) is 5.92 Å². The third kappa shape index (κ3) is 4.55. The van der Waals surface area contributed by atoms with Gasteiger partial charge in [0.1, 0.15) is 0 Å². The molecule has 31 heavy (non-hydrogen) atoms. The second kappa shape index (κ2) is 9.35. The molecule has 0 saturated carbocycles. The summed E-state index contributed by atoms with van der Waals surface area (Å²) < 4.78 is 5.88. The van der Waals surface area contributed by atoms with E-state index in [0.29, 0.717) is 0 Å². The van der Waals surface area contributed by atoms with Gasteiger partial charge < -0.3 is 14.7 Å². The van der Waals surface area contributed by atoms with E-state index < -0.39 is 0 Å². The monoisotopic (exact) mass is 435 g/mol. The van der Waals surface area contributed by atoms with Crippen LogP contribution in [0.5, 0.6) is 0 Å². The molecule has 0 aliphatic carbocycles. The van der Waals surface area contributed by atoms with E-state index in [1.807, 2.05) is 7.05 Å². The SMILES string of the molecule is CNCc1c2ccccc2cc2c(CCC3CCN(CC4CC=C(C)S4)CC3)noc12. The van der Waals surface area contributed by atoms with Crippen molar-refractivity contribution in [2.75, 3.05) is 26.7 Å². The molecule has 1 atom stereocenters. The number of hydrogen-bond acceptors (Lipinski definition) is 5. The average Bonchev–Trinajstić information content (AvgIpc) is 3.39. The number of piperidine rings is 1. The van der Waals surface area contributed by atoms with Crippen LogP contribution in [0.3, 0.4) is 0 Å². The van der Waals surface area contributed by atoms with Gasteiger partial charge in [0.05, 0.1) is 5.69 Å². The number of fused-ring (bicyclic) bond motifs is 2. The van der Waals surface area contributed by atoms with E-state index in [1.54, 1.807) is 0 Å². The van der Waals surface area contributed by atoms with Crippen molar-refractivity contribution in [3.05, 3.63) is 52.6 Å². The van der Waals surface area contributed by atoms with Crippen LogP contribution in [0.25, 0.3) is 21.7 Å². The van der Waals surface area contributed by atoms with Gasteiger partial charge in [-0.05, 0) is 86.8 Å². The summed E-state index contributed by atoms with van der Waals surface area (Å²) in [5.41, 5.74) is 3.30. The van der Waals surface area contributed by atoms with Crippen LogP contribution in [-0.2, 0) is 13.0 Å². The van der Waals surface area contributed by atoms with E-state index in [9.17, 15) is 0 Å². The molecule has 1 fully saturated rings. The maximum atomic E-state index is 5.88. The minimum atomic E-state index is 0.777. The third-order valence-corrected chi connectivity index (χ3v) is 8.21. The summed E-state index contributed by atoms with van der Waals surface area (Å²) in [5.74, 6) is 0.802. The molecule has 2 aromatic carbocycles. The normalized spacial score (nSPS) is 20.7. The Bertz CT molecular complexity index is 1080. The summed E-state index contributed by atoms with van der Waals surface area (Å²) in [6.07, 6.45) is 8.50. The highest BCUT2D eigenvalue weighted by atomic mass is 32.2. The Morgan fingerprint density at radius 2 is 2.03 bits per heavy atom. The van der Waals surface area contributed by atoms with Crippen LogP contribution in [0.1, 0.15) is 43.9 Å². The fourth-order valence-electron chi connectivity index (χ4n) is 5.26. The number of aromatic nitrogens is 1. The highest BCUT2D eigenvalue weighted by molar-refractivity contribution is 8.03. The second-order valence-corrected chi connectivity index (χ2v) is 10.7. The summed E-state index contributed by atoms with van der Waals surface area (Å²) in [4.78, 5) is 4.19. The molecular formula is C26H33N3OS. The minimum absolute atomic E-state index is 0.777. The number of benzene rings is 2. The lowest BCUT2D eigenvalue weighted by molar-refractivity contribution is 0.180. The Morgan fingerprint density at radius 1 is 1.19 bits per heavy atom. The molecule has 0 bridgehead atoms. The second-order valence-electron chi connectivity index (χ2n) is 9.19. The van der Waals surface area contributed by atoms with E-state index in [2.05, 4.69) is 70.5 Å². The summed E-state index contributed by atoms with van der Waals surface area (Å²) in [5, 5.41) is 12.3. The van der Waals surface area contributed by atoms with Gasteiger partial charge >= 0.3 is 0 Å². The first-order chi connectivity index (χ1) is 15.2. The van der Waals surface area contributed by atoms with Gasteiger partial charge in [-0.1, -0.05) is 35.5 Å². The van der Waals surface area contributed by atoms with Crippen molar-refractivity contribution in [3.8, 4) is 0 Å². The molecule has 0 radical (unpaired) electrons. The molecule has 3 heterocycles. The van der Waals surface area contributed by atoms with Crippen LogP contribution in [-0.4, -0.2) is 42.0 Å². The van der Waals surface area contributed by atoms with Crippen molar-refractivity contribution in [2.24, 2.45) is 5.92 Å². The molecule has 164 valence electrons. The lowest BCUT2D eigenvalue weighted by atomic mass is 9.90. The highest BCUT2D eigenvalue weighted by Crippen LogP contribution is 2.34. The van der Waals surface area contributed by atoms with Crippen molar-refractivity contribution in [1.29, 1.82) is 0 Å². The number of hydrogen-bond donors (Lipinski definition) is 1. The third-order valence-electron chi connectivity index (χ3n) is 7.00. The van der Waals surface area contributed by atoms with Crippen LogP contribution in [0.15, 0.2) is 45.8 Å². The fraction of sp³-hybridized carbons (Fsp3) is 0.500. The van der Waals surface area contributed by atoms with Crippen molar-refractivity contribution in [3.63, 3.8) is 0 Å². The molecular weight excluding hydrogens is 402 g/mol. The van der Waals surface area contributed by atoms with Crippen molar-refractivity contribution in [2.45, 2.75) is 50.8 Å². The minimum Gasteiger partial charge on any atom is -0.356 e. The number of likely N-dealkylation sites (tertiary alicyclic amines) is 1. The van der Waals surface area contributed by atoms with Crippen LogP contribution in [0.2, 0.25) is 0 Å². The average molecular weight is 436 g/mol. The molecule has 2 aliphatic heterocycles. The van der Waals surface area contributed by atoms with E-state index in [4.69, 9.17) is 4.52 Å². The molecule has 0 amide bonds. The van der Waals surface area contributed by atoms with Gasteiger partial charge in [-0.25, -0.2) is 0 Å². The molecule has 5 heteroatoms. The molecule has 4 nitrogen and oxygen atoms in total. The summed E-state index contributed by atoms with van der Waals surface area (Å²) >= 11 is 2.07. The zero-order valence-electron chi connectivity index (χ0n) is 18.7. The molecule has 1 N–H and O–H groups in total. The van der Waals surface area contributed by atoms with Gasteiger partial charge in [-0.2, -0.15) is 0 Å². The molecule has 3 aromatic rings. The maximum Gasteiger partial charge on any atom is 0.172 e. The van der Waals surface area contributed by atoms with E-state index >= 15 is 0 Å². The number of nitrogens with one attached hydrogen (secondary N) is 1. The van der Waals surface area contributed by atoms with Gasteiger partial charge in [0.15, 0.2) is 5.58 Å². The van der Waals surface area contributed by atoms with Gasteiger partial charge in [-0.3, -0.25) is 0 Å². The molecule has 0 spiro atoms. The molecule has 2 aliphatic rings. The smallest absolute Gasteiger partial charge is 0.172 e. The quantitative estimate of drug-likeness (QED) is 0.511. The van der Waals surface area contributed by atoms with Gasteiger partial charge in [0, 0.05) is 29.3 Å². The molecule has 5 rings (SSSR count). The Hall–Kier alpha value is -1.82. The van der Waals surface area contributed by atoms with Crippen LogP contribution >= 0.6 is 11.8 Å². The predicted octanol–water partition coefficient (Wildman–Crippen LogP) is 5.75. The fourth-order valence-corrected chi connectivity index (χ4v) is 6.46. The highest BCUT2D eigenvalue weighted by Gasteiger charge is 2.24. The summed E-state index contributed by atoms with van der Waals surface area (Å²) in [6, 6.07) is 10.9. The standard InChI is InChI=1S/C26H33N3OS/c1-18-7-9-21(31-18)17-29-13-11-19(12-14-29)8-10-25-23-15-20-5-3-4-6-22(20)24(16-27-2)26(23)30-28-25/h3-7,15,19,21,27H,8-14,16-17H2,1-2H3. The number of allylic oxidation sites excluding steroid dienone is 2. The topological polar surface area (TPSA) is 41.3 Å². The van der Waals surface area contributed by atoms with Crippen LogP contribution in [0.4, 0.5) is 0 Å². The first-order valence-electron chi connectivity index (χ1n) is 11.7. The molecule has 1 aromatic heterocycles. The van der Waals surface area contributed by atoms with E-state index in [0.717, 1.165) is 35.4 Å². The Morgan fingerprint density at radius 3 is 2.81 bits per heavy atom. The number of rotatable bonds is 7. The van der Waals surface area contributed by atoms with Crippen LogP contribution < -0.4 is 5.32 Å². The molecule has 1 unspecified atom stereocenters. The zero-order valence-corrected chi connectivity index (χ0v) is 19.5. The lowest BCUT2D eigenvalue weighted by Crippen LogP contribution is -2.37. The molecule has 1 saturated heterocycles. The largest absolute Gasteiger partial charge is 0.356 e. The Labute approximate surface area is 189 Å². The maximum absolute atomic E-state index is 5.88. The zero-order chi connectivity index (χ0) is 21.2. The first-order valence-corrected chi connectivity index (χ1v) is 12.6. The Kier molecular flexibility index (Phi) is 6.35. The van der Waals surface area contributed by atoms with Crippen molar-refractivity contribution >= 4 is 33.5 Å². The van der Waals surface area contributed by atoms with Gasteiger partial charge in [-0.15, -0.1) is 11.8 Å². The van der Waals surface area contributed by atoms with Crippen molar-refractivity contribution in [1.82, 2.24) is 15.4 Å². The number of aryl methyl sites for hydroxylation is 1. The summed E-state index contributed by atoms with van der Waals surface area (Å²) in [6.45, 7) is 6.78. The predicted molar refractivity (Wildman–Crippen MR) is 132 cm³/mol. The number of thioether (sulfide) groups is 1. The van der Waals surface area contributed by atoms with Gasteiger partial charge in [0.25, 0.3) is 0 Å².